The Morgan fingerprint density at radius 2 is 2.00 bits per heavy atom. The first kappa shape index (κ1) is 10.7. The fourth-order valence-corrected chi connectivity index (χ4v) is 1.22. The standard InChI is InChI=1S/C8H9ClN2O3/c1-4-10-6(9)5(8(12)14-3)7(11-4)13-2/h1-3H3. The molecule has 0 bridgehead atoms. The van der Waals surface area contributed by atoms with E-state index in [0.717, 1.165) is 0 Å². The van der Waals surface area contributed by atoms with Crippen LogP contribution in [0.4, 0.5) is 0 Å². The fourth-order valence-electron chi connectivity index (χ4n) is 0.935. The minimum Gasteiger partial charge on any atom is -0.480 e. The van der Waals surface area contributed by atoms with Crippen molar-refractivity contribution < 1.29 is 14.3 Å². The third kappa shape index (κ3) is 1.93. The topological polar surface area (TPSA) is 61.3 Å². The average molecular weight is 217 g/mol. The molecule has 6 heteroatoms. The van der Waals surface area contributed by atoms with Crippen molar-refractivity contribution in [3.8, 4) is 5.88 Å². The molecule has 0 fully saturated rings. The molecule has 14 heavy (non-hydrogen) atoms. The third-order valence-electron chi connectivity index (χ3n) is 1.53. The summed E-state index contributed by atoms with van der Waals surface area (Å²) in [5, 5.41) is 0.0289. The van der Waals surface area contributed by atoms with E-state index in [-0.39, 0.29) is 16.6 Å². The van der Waals surface area contributed by atoms with Gasteiger partial charge in [-0.15, -0.1) is 0 Å². The maximum Gasteiger partial charge on any atom is 0.346 e. The molecule has 5 nitrogen and oxygen atoms in total. The van der Waals surface area contributed by atoms with Crippen molar-refractivity contribution in [1.82, 2.24) is 9.97 Å². The molecule has 1 aromatic rings. The van der Waals surface area contributed by atoms with Gasteiger partial charge in [0.05, 0.1) is 14.2 Å². The zero-order valence-electron chi connectivity index (χ0n) is 8.00. The smallest absolute Gasteiger partial charge is 0.346 e. The van der Waals surface area contributed by atoms with Gasteiger partial charge in [-0.2, -0.15) is 4.98 Å². The third-order valence-corrected chi connectivity index (χ3v) is 1.80. The second kappa shape index (κ2) is 4.23. The molecule has 0 aliphatic heterocycles. The van der Waals surface area contributed by atoms with E-state index >= 15 is 0 Å². The quantitative estimate of drug-likeness (QED) is 0.550. The molecule has 0 aliphatic rings. The van der Waals surface area contributed by atoms with E-state index in [9.17, 15) is 4.79 Å². The number of carbonyl (C=O) groups is 1. The fraction of sp³-hybridized carbons (Fsp3) is 0.375. The highest BCUT2D eigenvalue weighted by Gasteiger charge is 2.20. The van der Waals surface area contributed by atoms with Crippen molar-refractivity contribution in [3.05, 3.63) is 16.5 Å². The Bertz CT molecular complexity index is 368. The van der Waals surface area contributed by atoms with Crippen molar-refractivity contribution in [2.45, 2.75) is 6.92 Å². The van der Waals surface area contributed by atoms with Crippen LogP contribution in [0.3, 0.4) is 0 Å². The summed E-state index contributed by atoms with van der Waals surface area (Å²) >= 11 is 5.76. The molecule has 0 saturated carbocycles. The van der Waals surface area contributed by atoms with Gasteiger partial charge in [0.1, 0.15) is 5.82 Å². The van der Waals surface area contributed by atoms with Crippen molar-refractivity contribution in [1.29, 1.82) is 0 Å². The van der Waals surface area contributed by atoms with Crippen LogP contribution >= 0.6 is 11.6 Å². The van der Waals surface area contributed by atoms with Crippen LogP contribution in [0.15, 0.2) is 0 Å². The van der Waals surface area contributed by atoms with Crippen molar-refractivity contribution in [2.24, 2.45) is 0 Å². The summed E-state index contributed by atoms with van der Waals surface area (Å²) in [5.74, 6) is -0.0688. The predicted octanol–water partition coefficient (Wildman–Crippen LogP) is 1.23. The van der Waals surface area contributed by atoms with E-state index in [2.05, 4.69) is 14.7 Å². The Hall–Kier alpha value is -1.36. The molecular weight excluding hydrogens is 208 g/mol. The molecule has 0 atom stereocenters. The van der Waals surface area contributed by atoms with Gasteiger partial charge in [0.25, 0.3) is 0 Å². The number of halogens is 1. The minimum atomic E-state index is -0.619. The second-order valence-electron chi connectivity index (χ2n) is 2.44. The van der Waals surface area contributed by atoms with Crippen LogP contribution in [0, 0.1) is 6.92 Å². The Morgan fingerprint density at radius 3 is 2.50 bits per heavy atom. The van der Waals surface area contributed by atoms with Crippen molar-refractivity contribution in [3.63, 3.8) is 0 Å². The van der Waals surface area contributed by atoms with Gasteiger partial charge in [0.2, 0.25) is 5.88 Å². The van der Waals surface area contributed by atoms with Gasteiger partial charge in [-0.05, 0) is 6.92 Å². The summed E-state index contributed by atoms with van der Waals surface area (Å²) in [6, 6.07) is 0. The van der Waals surface area contributed by atoms with Crippen LogP contribution < -0.4 is 4.74 Å². The lowest BCUT2D eigenvalue weighted by molar-refractivity contribution is 0.0595. The van der Waals surface area contributed by atoms with E-state index in [0.29, 0.717) is 5.82 Å². The summed E-state index contributed by atoms with van der Waals surface area (Å²) in [6.45, 7) is 1.65. The SMILES string of the molecule is COC(=O)c1c(Cl)nc(C)nc1OC. The Kier molecular flexibility index (Phi) is 3.24. The van der Waals surface area contributed by atoms with E-state index in [1.807, 2.05) is 0 Å². The van der Waals surface area contributed by atoms with E-state index < -0.39 is 5.97 Å². The maximum absolute atomic E-state index is 11.3. The van der Waals surface area contributed by atoms with Gasteiger partial charge in [-0.3, -0.25) is 0 Å². The van der Waals surface area contributed by atoms with E-state index in [4.69, 9.17) is 16.3 Å². The Balaban J connectivity index is 3.32. The Labute approximate surface area is 86.0 Å². The second-order valence-corrected chi connectivity index (χ2v) is 2.80. The molecule has 1 aromatic heterocycles. The lowest BCUT2D eigenvalue weighted by Gasteiger charge is -2.07. The molecule has 0 N–H and O–H groups in total. The lowest BCUT2D eigenvalue weighted by Crippen LogP contribution is -2.09. The molecule has 76 valence electrons. The van der Waals surface area contributed by atoms with Gasteiger partial charge in [-0.1, -0.05) is 11.6 Å². The zero-order valence-corrected chi connectivity index (χ0v) is 8.75. The van der Waals surface area contributed by atoms with Crippen LogP contribution in [0.1, 0.15) is 16.2 Å². The zero-order chi connectivity index (χ0) is 10.7. The maximum atomic E-state index is 11.3. The molecule has 0 spiro atoms. The molecule has 0 aliphatic carbocycles. The van der Waals surface area contributed by atoms with Crippen LogP contribution in [-0.4, -0.2) is 30.2 Å². The number of hydrogen-bond acceptors (Lipinski definition) is 5. The molecule has 0 radical (unpaired) electrons. The van der Waals surface area contributed by atoms with Crippen LogP contribution in [-0.2, 0) is 4.74 Å². The van der Waals surface area contributed by atoms with Gasteiger partial charge in [-0.25, -0.2) is 9.78 Å². The summed E-state index contributed by atoms with van der Waals surface area (Å²) in [4.78, 5) is 19.0. The number of rotatable bonds is 2. The summed E-state index contributed by atoms with van der Waals surface area (Å²) in [7, 11) is 2.64. The van der Waals surface area contributed by atoms with Crippen molar-refractivity contribution >= 4 is 17.6 Å². The van der Waals surface area contributed by atoms with Crippen molar-refractivity contribution in [2.75, 3.05) is 14.2 Å². The highest BCUT2D eigenvalue weighted by Crippen LogP contribution is 2.23. The summed E-state index contributed by atoms with van der Waals surface area (Å²) < 4.78 is 9.41. The van der Waals surface area contributed by atoms with E-state index in [1.54, 1.807) is 6.92 Å². The molecular formula is C8H9ClN2O3. The van der Waals surface area contributed by atoms with Gasteiger partial charge in [0.15, 0.2) is 10.7 Å². The predicted molar refractivity (Wildman–Crippen MR) is 49.7 cm³/mol. The highest BCUT2D eigenvalue weighted by atomic mass is 35.5. The summed E-state index contributed by atoms with van der Waals surface area (Å²) in [5.41, 5.74) is 0.0438. The van der Waals surface area contributed by atoms with Crippen LogP contribution in [0.25, 0.3) is 0 Å². The number of aryl methyl sites for hydroxylation is 1. The molecule has 1 rings (SSSR count). The number of methoxy groups -OCH3 is 2. The van der Waals surface area contributed by atoms with Crippen LogP contribution in [0.2, 0.25) is 5.15 Å². The molecule has 0 unspecified atom stereocenters. The first-order chi connectivity index (χ1) is 6.60. The normalized spacial score (nSPS) is 9.71. The Morgan fingerprint density at radius 1 is 1.36 bits per heavy atom. The number of aromatic nitrogens is 2. The molecule has 0 aromatic carbocycles. The average Bonchev–Trinajstić information content (AvgIpc) is 2.15. The minimum absolute atomic E-state index is 0.0289. The van der Waals surface area contributed by atoms with Gasteiger partial charge in [0, 0.05) is 0 Å². The lowest BCUT2D eigenvalue weighted by atomic mass is 10.3. The number of esters is 1. The molecule has 0 saturated heterocycles. The monoisotopic (exact) mass is 216 g/mol. The van der Waals surface area contributed by atoms with Gasteiger partial charge >= 0.3 is 5.97 Å². The van der Waals surface area contributed by atoms with Gasteiger partial charge < -0.3 is 9.47 Å². The highest BCUT2D eigenvalue weighted by molar-refractivity contribution is 6.32. The first-order valence-corrected chi connectivity index (χ1v) is 4.14. The van der Waals surface area contributed by atoms with Crippen LogP contribution in [0.5, 0.6) is 5.88 Å². The number of ether oxygens (including phenoxy) is 2. The summed E-state index contributed by atoms with van der Waals surface area (Å²) in [6.07, 6.45) is 0. The first-order valence-electron chi connectivity index (χ1n) is 3.76. The number of nitrogens with zero attached hydrogens (tertiary/aromatic N) is 2. The van der Waals surface area contributed by atoms with E-state index in [1.165, 1.54) is 14.2 Å². The number of carbonyl (C=O) groups excluding carboxylic acids is 1. The molecule has 1 heterocycles. The number of hydrogen-bond donors (Lipinski definition) is 0. The molecule has 0 amide bonds. The largest absolute Gasteiger partial charge is 0.480 e.